The summed E-state index contributed by atoms with van der Waals surface area (Å²) in [5, 5.41) is 20.8. The van der Waals surface area contributed by atoms with E-state index in [-0.39, 0.29) is 28.8 Å². The van der Waals surface area contributed by atoms with E-state index in [0.717, 1.165) is 24.0 Å². The number of fused-ring (bicyclic) bond motifs is 1. The standard InChI is InChI=1S/C30H44O4/c1-17(15-26-29(5,6)20(4)28(33)34-26)23-12-13-24-21(9-8-14-30(23,24)7)10-11-22-16-25(31)19(3)27(32)18(22)2/h10-11,17,19,23-27,31-32H,2,4,8-9,12-16H2,1,3,5-7H3/t17-,19+,23-,24+,25-,26+,27-,30-/m1/s1. The Hall–Kier alpha value is -1.65. The smallest absolute Gasteiger partial charge is 0.334 e. The van der Waals surface area contributed by atoms with Gasteiger partial charge in [-0.05, 0) is 79.3 Å². The average Bonchev–Trinajstić information content (AvgIpc) is 3.23. The minimum Gasteiger partial charge on any atom is -0.458 e. The topological polar surface area (TPSA) is 66.8 Å². The van der Waals surface area contributed by atoms with E-state index < -0.39 is 12.2 Å². The summed E-state index contributed by atoms with van der Waals surface area (Å²) >= 11 is 0. The highest BCUT2D eigenvalue weighted by Crippen LogP contribution is 2.60. The van der Waals surface area contributed by atoms with Crippen LogP contribution in [0.5, 0.6) is 0 Å². The fraction of sp³-hybridized carbons (Fsp3) is 0.700. The Morgan fingerprint density at radius 1 is 1.18 bits per heavy atom. The predicted octanol–water partition coefficient (Wildman–Crippen LogP) is 5.91. The summed E-state index contributed by atoms with van der Waals surface area (Å²) in [5.74, 6) is 1.23. The molecule has 1 aliphatic heterocycles. The van der Waals surface area contributed by atoms with Crippen LogP contribution in [-0.4, -0.2) is 34.5 Å². The molecule has 0 radical (unpaired) electrons. The molecule has 1 saturated heterocycles. The Morgan fingerprint density at radius 2 is 1.88 bits per heavy atom. The normalized spacial score (nSPS) is 43.3. The molecule has 0 aromatic rings. The number of hydrogen-bond acceptors (Lipinski definition) is 4. The third kappa shape index (κ3) is 4.15. The number of carbonyl (C=O) groups is 1. The van der Waals surface area contributed by atoms with Crippen LogP contribution in [0.4, 0.5) is 0 Å². The van der Waals surface area contributed by atoms with E-state index in [1.807, 2.05) is 6.92 Å². The number of ether oxygens (including phenoxy) is 1. The summed E-state index contributed by atoms with van der Waals surface area (Å²) in [6.45, 7) is 19.0. The van der Waals surface area contributed by atoms with Crippen LogP contribution in [0.3, 0.4) is 0 Å². The maximum absolute atomic E-state index is 12.1. The van der Waals surface area contributed by atoms with E-state index in [1.54, 1.807) is 0 Å². The quantitative estimate of drug-likeness (QED) is 0.398. The molecule has 0 aromatic heterocycles. The Labute approximate surface area is 205 Å². The minimum atomic E-state index is -0.674. The van der Waals surface area contributed by atoms with Gasteiger partial charge in [0.15, 0.2) is 0 Å². The van der Waals surface area contributed by atoms with E-state index in [9.17, 15) is 15.0 Å². The highest BCUT2D eigenvalue weighted by atomic mass is 16.6. The van der Waals surface area contributed by atoms with Crippen molar-refractivity contribution in [1.82, 2.24) is 0 Å². The van der Waals surface area contributed by atoms with Crippen molar-refractivity contribution >= 4 is 5.97 Å². The van der Waals surface area contributed by atoms with E-state index in [2.05, 4.69) is 53.0 Å². The molecule has 188 valence electrons. The van der Waals surface area contributed by atoms with E-state index in [0.29, 0.717) is 29.7 Å². The molecule has 3 aliphatic carbocycles. The second-order valence-corrected chi connectivity index (χ2v) is 12.4. The van der Waals surface area contributed by atoms with E-state index in [4.69, 9.17) is 4.74 Å². The van der Waals surface area contributed by atoms with Crippen LogP contribution < -0.4 is 0 Å². The van der Waals surface area contributed by atoms with Gasteiger partial charge in [-0.3, -0.25) is 0 Å². The lowest BCUT2D eigenvalue weighted by atomic mass is 9.60. The first-order valence-corrected chi connectivity index (χ1v) is 13.2. The first kappa shape index (κ1) is 25.4. The van der Waals surface area contributed by atoms with Gasteiger partial charge in [-0.15, -0.1) is 0 Å². The van der Waals surface area contributed by atoms with Gasteiger partial charge < -0.3 is 14.9 Å². The average molecular weight is 469 g/mol. The van der Waals surface area contributed by atoms with Crippen molar-refractivity contribution in [3.8, 4) is 0 Å². The van der Waals surface area contributed by atoms with Crippen LogP contribution in [0.25, 0.3) is 0 Å². The Morgan fingerprint density at radius 3 is 2.53 bits per heavy atom. The summed E-state index contributed by atoms with van der Waals surface area (Å²) < 4.78 is 5.74. The summed E-state index contributed by atoms with van der Waals surface area (Å²) in [6.07, 6.45) is 10.5. The molecule has 4 aliphatic rings. The van der Waals surface area contributed by atoms with Crippen molar-refractivity contribution in [3.63, 3.8) is 0 Å². The molecule has 1 heterocycles. The molecule has 0 spiro atoms. The monoisotopic (exact) mass is 468 g/mol. The second-order valence-electron chi connectivity index (χ2n) is 12.4. The van der Waals surface area contributed by atoms with Crippen molar-refractivity contribution < 1.29 is 19.7 Å². The number of aliphatic hydroxyl groups is 2. The summed E-state index contributed by atoms with van der Waals surface area (Å²) in [4.78, 5) is 12.1. The lowest BCUT2D eigenvalue weighted by molar-refractivity contribution is -0.140. The molecular formula is C30H44O4. The van der Waals surface area contributed by atoms with Gasteiger partial charge in [-0.1, -0.05) is 65.5 Å². The largest absolute Gasteiger partial charge is 0.458 e. The van der Waals surface area contributed by atoms with Crippen LogP contribution in [-0.2, 0) is 9.53 Å². The highest BCUT2D eigenvalue weighted by Gasteiger charge is 2.53. The predicted molar refractivity (Wildman–Crippen MR) is 136 cm³/mol. The van der Waals surface area contributed by atoms with Crippen LogP contribution >= 0.6 is 0 Å². The number of cyclic esters (lactones) is 1. The SMILES string of the molecule is C=C1C(=CC=C2CCC[C@]3(C)[C@@H]([C@H](C)C[C@@H]4OC(=O)C(=C)C4(C)C)CC[C@@H]23)C[C@@H](O)[C@H](C)[C@@H]1O. The van der Waals surface area contributed by atoms with Crippen LogP contribution in [0, 0.1) is 34.5 Å². The molecule has 0 aromatic carbocycles. The molecule has 4 heteroatoms. The number of esters is 1. The zero-order valence-corrected chi connectivity index (χ0v) is 21.8. The molecular weight excluding hydrogens is 424 g/mol. The summed E-state index contributed by atoms with van der Waals surface area (Å²) in [5.41, 5.74) is 3.79. The number of aliphatic hydroxyl groups excluding tert-OH is 2. The van der Waals surface area contributed by atoms with Gasteiger partial charge in [0, 0.05) is 16.9 Å². The molecule has 3 saturated carbocycles. The third-order valence-corrected chi connectivity index (χ3v) is 10.2. The molecule has 0 unspecified atom stereocenters. The first-order valence-electron chi connectivity index (χ1n) is 13.2. The number of carbonyl (C=O) groups excluding carboxylic acids is 1. The number of hydrogen-bond donors (Lipinski definition) is 2. The molecule has 4 rings (SSSR count). The van der Waals surface area contributed by atoms with Crippen molar-refractivity contribution in [3.05, 3.63) is 47.6 Å². The zero-order chi connectivity index (χ0) is 25.0. The molecule has 4 nitrogen and oxygen atoms in total. The lowest BCUT2D eigenvalue weighted by Gasteiger charge is -2.45. The number of rotatable bonds is 4. The van der Waals surface area contributed by atoms with Crippen molar-refractivity contribution in [2.45, 2.75) is 97.9 Å². The fourth-order valence-corrected chi connectivity index (χ4v) is 7.51. The van der Waals surface area contributed by atoms with Crippen LogP contribution in [0.1, 0.15) is 79.6 Å². The molecule has 34 heavy (non-hydrogen) atoms. The van der Waals surface area contributed by atoms with Crippen LogP contribution in [0.15, 0.2) is 47.6 Å². The fourth-order valence-electron chi connectivity index (χ4n) is 7.51. The van der Waals surface area contributed by atoms with Gasteiger partial charge in [0.05, 0.1) is 12.2 Å². The first-order chi connectivity index (χ1) is 15.9. The van der Waals surface area contributed by atoms with Gasteiger partial charge in [-0.2, -0.15) is 0 Å². The third-order valence-electron chi connectivity index (χ3n) is 10.2. The van der Waals surface area contributed by atoms with E-state index in [1.165, 1.54) is 31.3 Å². The Kier molecular flexibility index (Phi) is 6.81. The lowest BCUT2D eigenvalue weighted by Crippen LogP contribution is -2.38. The summed E-state index contributed by atoms with van der Waals surface area (Å²) in [6, 6.07) is 0. The molecule has 4 fully saturated rings. The van der Waals surface area contributed by atoms with Gasteiger partial charge in [0.1, 0.15) is 6.10 Å². The molecule has 2 N–H and O–H groups in total. The maximum atomic E-state index is 12.1. The Balaban J connectivity index is 1.50. The minimum absolute atomic E-state index is 0.0916. The highest BCUT2D eigenvalue weighted by molar-refractivity contribution is 5.91. The van der Waals surface area contributed by atoms with Gasteiger partial charge >= 0.3 is 5.97 Å². The summed E-state index contributed by atoms with van der Waals surface area (Å²) in [7, 11) is 0. The van der Waals surface area contributed by atoms with Crippen molar-refractivity contribution in [2.75, 3.05) is 0 Å². The van der Waals surface area contributed by atoms with Crippen molar-refractivity contribution in [2.24, 2.45) is 34.5 Å². The van der Waals surface area contributed by atoms with Gasteiger partial charge in [0.2, 0.25) is 0 Å². The maximum Gasteiger partial charge on any atom is 0.334 e. The molecule has 0 amide bonds. The van der Waals surface area contributed by atoms with Crippen LogP contribution in [0.2, 0.25) is 0 Å². The van der Waals surface area contributed by atoms with Gasteiger partial charge in [-0.25, -0.2) is 4.79 Å². The second kappa shape index (κ2) is 9.09. The van der Waals surface area contributed by atoms with Crippen molar-refractivity contribution in [1.29, 1.82) is 0 Å². The molecule has 0 bridgehead atoms. The molecule has 8 atom stereocenters. The zero-order valence-electron chi connectivity index (χ0n) is 21.8. The number of allylic oxidation sites excluding steroid dienone is 3. The Bertz CT molecular complexity index is 924. The van der Waals surface area contributed by atoms with Gasteiger partial charge in [0.25, 0.3) is 0 Å². The van der Waals surface area contributed by atoms with E-state index >= 15 is 0 Å².